The average Bonchev–Trinajstić information content (AvgIpc) is 2.41. The lowest BCUT2D eigenvalue weighted by atomic mass is 10.1. The summed E-state index contributed by atoms with van der Waals surface area (Å²) >= 11 is 0. The van der Waals surface area contributed by atoms with Crippen molar-refractivity contribution in [2.75, 3.05) is 13.1 Å². The number of benzene rings is 1. The summed E-state index contributed by atoms with van der Waals surface area (Å²) in [5.74, 6) is -0.271. The van der Waals surface area contributed by atoms with E-state index in [1.165, 1.54) is 16.4 Å². The maximum absolute atomic E-state index is 12.5. The molecular formula is C13H19N3O3S. The Bertz CT molecular complexity index is 596. The molecule has 2 rings (SSSR count). The minimum absolute atomic E-state index is 0.147. The fourth-order valence-corrected chi connectivity index (χ4v) is 3.76. The number of sulfonamides is 1. The van der Waals surface area contributed by atoms with Crippen molar-refractivity contribution < 1.29 is 13.2 Å². The van der Waals surface area contributed by atoms with Crippen molar-refractivity contribution in [3.8, 4) is 0 Å². The number of rotatable bonds is 3. The molecule has 0 aromatic heterocycles. The van der Waals surface area contributed by atoms with Gasteiger partial charge in [-0.3, -0.25) is 4.79 Å². The van der Waals surface area contributed by atoms with E-state index in [0.29, 0.717) is 6.54 Å². The Balaban J connectivity index is 2.32. The van der Waals surface area contributed by atoms with Gasteiger partial charge in [0.15, 0.2) is 0 Å². The highest BCUT2D eigenvalue weighted by atomic mass is 32.2. The first-order valence-electron chi connectivity index (χ1n) is 6.49. The van der Waals surface area contributed by atoms with E-state index in [2.05, 4.69) is 5.32 Å². The first-order chi connectivity index (χ1) is 9.34. The van der Waals surface area contributed by atoms with Crippen molar-refractivity contribution in [3.63, 3.8) is 0 Å². The lowest BCUT2D eigenvalue weighted by molar-refractivity contribution is -0.126. The van der Waals surface area contributed by atoms with Gasteiger partial charge in [0.1, 0.15) is 6.04 Å². The van der Waals surface area contributed by atoms with Crippen LogP contribution in [0.1, 0.15) is 25.5 Å². The fraction of sp³-hybridized carbons (Fsp3) is 0.462. The van der Waals surface area contributed by atoms with E-state index in [9.17, 15) is 13.2 Å². The predicted molar refractivity (Wildman–Crippen MR) is 75.4 cm³/mol. The summed E-state index contributed by atoms with van der Waals surface area (Å²) in [4.78, 5) is 11.8. The molecule has 2 unspecified atom stereocenters. The largest absolute Gasteiger partial charge is 0.353 e. The van der Waals surface area contributed by atoms with Crippen LogP contribution in [0.5, 0.6) is 0 Å². The molecule has 1 aromatic carbocycles. The summed E-state index contributed by atoms with van der Waals surface area (Å²) in [5.41, 5.74) is 6.61. The molecule has 1 fully saturated rings. The lowest BCUT2D eigenvalue weighted by Crippen LogP contribution is -2.55. The topological polar surface area (TPSA) is 92.5 Å². The van der Waals surface area contributed by atoms with Gasteiger partial charge in [0.2, 0.25) is 15.9 Å². The van der Waals surface area contributed by atoms with Gasteiger partial charge in [-0.15, -0.1) is 0 Å². The van der Waals surface area contributed by atoms with Gasteiger partial charge in [-0.25, -0.2) is 8.42 Å². The number of amides is 1. The van der Waals surface area contributed by atoms with Gasteiger partial charge in [0, 0.05) is 19.1 Å². The van der Waals surface area contributed by atoms with E-state index in [-0.39, 0.29) is 23.4 Å². The van der Waals surface area contributed by atoms with Gasteiger partial charge in [-0.05, 0) is 31.5 Å². The van der Waals surface area contributed by atoms with Crippen molar-refractivity contribution in [1.82, 2.24) is 9.62 Å². The van der Waals surface area contributed by atoms with Crippen LogP contribution in [0.15, 0.2) is 29.2 Å². The van der Waals surface area contributed by atoms with Crippen LogP contribution in [-0.4, -0.2) is 37.8 Å². The second kappa shape index (κ2) is 5.51. The van der Waals surface area contributed by atoms with E-state index >= 15 is 0 Å². The summed E-state index contributed by atoms with van der Waals surface area (Å²) in [6.45, 7) is 4.04. The monoisotopic (exact) mass is 297 g/mol. The third-order valence-corrected chi connectivity index (χ3v) is 5.44. The van der Waals surface area contributed by atoms with Crippen LogP contribution in [0.3, 0.4) is 0 Å². The summed E-state index contributed by atoms with van der Waals surface area (Å²) in [5, 5.41) is 2.65. The molecule has 3 N–H and O–H groups in total. The number of hydrogen-bond donors (Lipinski definition) is 2. The zero-order valence-corrected chi connectivity index (χ0v) is 12.4. The smallest absolute Gasteiger partial charge is 0.243 e. The Morgan fingerprint density at radius 1 is 1.35 bits per heavy atom. The maximum atomic E-state index is 12.5. The van der Waals surface area contributed by atoms with Gasteiger partial charge >= 0.3 is 0 Å². The minimum Gasteiger partial charge on any atom is -0.353 e. The molecule has 0 aliphatic carbocycles. The first-order valence-corrected chi connectivity index (χ1v) is 7.93. The van der Waals surface area contributed by atoms with E-state index in [4.69, 9.17) is 5.73 Å². The number of piperazine rings is 1. The Morgan fingerprint density at radius 2 is 1.95 bits per heavy atom. The number of nitrogens with zero attached hydrogens (tertiary/aromatic N) is 1. The molecule has 1 aromatic rings. The normalized spacial score (nSPS) is 22.4. The number of nitrogens with one attached hydrogen (secondary N) is 1. The molecule has 1 aliphatic rings. The molecule has 1 saturated heterocycles. The third-order valence-electron chi connectivity index (χ3n) is 3.46. The molecule has 6 nitrogen and oxygen atoms in total. The summed E-state index contributed by atoms with van der Waals surface area (Å²) < 4.78 is 26.3. The highest BCUT2D eigenvalue weighted by molar-refractivity contribution is 7.89. The highest BCUT2D eigenvalue weighted by Crippen LogP contribution is 2.21. The average molecular weight is 297 g/mol. The summed E-state index contributed by atoms with van der Waals surface area (Å²) in [6, 6.07) is 5.63. The molecule has 7 heteroatoms. The number of carbonyl (C=O) groups is 1. The van der Waals surface area contributed by atoms with Gasteiger partial charge in [-0.1, -0.05) is 12.1 Å². The van der Waals surface area contributed by atoms with E-state index < -0.39 is 16.1 Å². The second-order valence-electron chi connectivity index (χ2n) is 4.94. The Morgan fingerprint density at radius 3 is 2.50 bits per heavy atom. The van der Waals surface area contributed by atoms with Crippen LogP contribution < -0.4 is 11.1 Å². The van der Waals surface area contributed by atoms with Crippen LogP contribution in [0.25, 0.3) is 0 Å². The molecule has 1 aliphatic heterocycles. The number of carbonyl (C=O) groups excluding carboxylic acids is 1. The van der Waals surface area contributed by atoms with Crippen LogP contribution in [0.2, 0.25) is 0 Å². The predicted octanol–water partition coefficient (Wildman–Crippen LogP) is 0.215. The van der Waals surface area contributed by atoms with Crippen LogP contribution in [-0.2, 0) is 14.8 Å². The zero-order valence-electron chi connectivity index (χ0n) is 11.5. The summed E-state index contributed by atoms with van der Waals surface area (Å²) in [6.07, 6.45) is 0. The van der Waals surface area contributed by atoms with Crippen LogP contribution in [0.4, 0.5) is 0 Å². The SMILES string of the molecule is CC(N)c1ccc(S(=O)(=O)N2CCNC(=O)C2C)cc1. The minimum atomic E-state index is -3.65. The van der Waals surface area contributed by atoms with E-state index in [0.717, 1.165) is 5.56 Å². The Kier molecular flexibility index (Phi) is 4.12. The van der Waals surface area contributed by atoms with E-state index in [1.54, 1.807) is 19.1 Å². The van der Waals surface area contributed by atoms with Gasteiger partial charge in [0.05, 0.1) is 4.90 Å². The molecule has 0 radical (unpaired) electrons. The standard InChI is InChI=1S/C13H19N3O3S/c1-9(14)11-3-5-12(6-4-11)20(18,19)16-8-7-15-13(17)10(16)2/h3-6,9-10H,7-8,14H2,1-2H3,(H,15,17). The third kappa shape index (κ3) is 2.70. The van der Waals surface area contributed by atoms with Crippen molar-refractivity contribution in [1.29, 1.82) is 0 Å². The number of hydrogen-bond acceptors (Lipinski definition) is 4. The molecule has 0 bridgehead atoms. The van der Waals surface area contributed by atoms with Gasteiger partial charge in [0.25, 0.3) is 0 Å². The highest BCUT2D eigenvalue weighted by Gasteiger charge is 2.35. The second-order valence-corrected chi connectivity index (χ2v) is 6.83. The molecule has 1 heterocycles. The Labute approximate surface area is 119 Å². The number of nitrogens with two attached hydrogens (primary N) is 1. The van der Waals surface area contributed by atoms with Crippen molar-refractivity contribution in [2.24, 2.45) is 5.73 Å². The van der Waals surface area contributed by atoms with Crippen molar-refractivity contribution in [3.05, 3.63) is 29.8 Å². The van der Waals surface area contributed by atoms with Crippen molar-refractivity contribution >= 4 is 15.9 Å². The van der Waals surface area contributed by atoms with Crippen molar-refractivity contribution in [2.45, 2.75) is 30.8 Å². The van der Waals surface area contributed by atoms with Gasteiger partial charge in [-0.2, -0.15) is 4.31 Å². The fourth-order valence-electron chi connectivity index (χ4n) is 2.17. The molecule has 0 spiro atoms. The van der Waals surface area contributed by atoms with Gasteiger partial charge < -0.3 is 11.1 Å². The lowest BCUT2D eigenvalue weighted by Gasteiger charge is -2.31. The quantitative estimate of drug-likeness (QED) is 0.834. The van der Waals surface area contributed by atoms with Crippen LogP contribution >= 0.6 is 0 Å². The first kappa shape index (κ1) is 15.0. The zero-order chi connectivity index (χ0) is 14.9. The molecule has 110 valence electrons. The summed E-state index contributed by atoms with van der Waals surface area (Å²) in [7, 11) is -3.65. The Hall–Kier alpha value is -1.44. The van der Waals surface area contributed by atoms with E-state index in [1.807, 2.05) is 6.92 Å². The molecule has 20 heavy (non-hydrogen) atoms. The van der Waals surface area contributed by atoms with Crippen LogP contribution in [0, 0.1) is 0 Å². The maximum Gasteiger partial charge on any atom is 0.243 e. The molecule has 2 atom stereocenters. The molecular weight excluding hydrogens is 278 g/mol. The molecule has 0 saturated carbocycles. The molecule has 1 amide bonds.